The van der Waals surface area contributed by atoms with E-state index in [2.05, 4.69) is 10.3 Å². The Morgan fingerprint density at radius 2 is 1.74 bits per heavy atom. The van der Waals surface area contributed by atoms with Crippen molar-refractivity contribution in [1.82, 2.24) is 0 Å². The van der Waals surface area contributed by atoms with Crippen LogP contribution in [0.15, 0.2) is 40.8 Å². The molecule has 0 amide bonds. The zero-order valence-corrected chi connectivity index (χ0v) is 19.6. The molecular weight excluding hydrogens is 396 g/mol. The monoisotopic (exact) mass is 432 g/mol. The summed E-state index contributed by atoms with van der Waals surface area (Å²) in [6, 6.07) is 7.40. The Kier molecular flexibility index (Phi) is 12.7. The van der Waals surface area contributed by atoms with Crippen molar-refractivity contribution in [2.75, 3.05) is 21.3 Å². The molecule has 1 aromatic carbocycles. The van der Waals surface area contributed by atoms with E-state index in [-0.39, 0.29) is 6.61 Å². The van der Waals surface area contributed by atoms with Gasteiger partial charge in [0, 0.05) is 11.5 Å². The van der Waals surface area contributed by atoms with Gasteiger partial charge in [0.15, 0.2) is 0 Å². The van der Waals surface area contributed by atoms with Gasteiger partial charge in [0.1, 0.15) is 30.7 Å². The Morgan fingerprint density at radius 1 is 1.06 bits per heavy atom. The fourth-order valence-electron chi connectivity index (χ4n) is 3.51. The van der Waals surface area contributed by atoms with Crippen molar-refractivity contribution in [2.24, 2.45) is 16.2 Å². The molecule has 0 bridgehead atoms. The summed E-state index contributed by atoms with van der Waals surface area (Å²) >= 11 is 0. The first kappa shape index (κ1) is 26.2. The number of carbonyl (C=O) groups is 1. The summed E-state index contributed by atoms with van der Waals surface area (Å²) in [7, 11) is 4.36. The van der Waals surface area contributed by atoms with Gasteiger partial charge in [0.05, 0.1) is 20.5 Å². The summed E-state index contributed by atoms with van der Waals surface area (Å²) in [5.74, 6) is -0.135. The Morgan fingerprint density at radius 3 is 2.35 bits per heavy atom. The van der Waals surface area contributed by atoms with Gasteiger partial charge in [-0.25, -0.2) is 4.79 Å². The van der Waals surface area contributed by atoms with Crippen LogP contribution < -0.4 is 0 Å². The molecule has 1 aliphatic rings. The molecule has 0 saturated heterocycles. The SMILES string of the molecule is CC.CO/C=C(/C(=O)OC)c1ccccc1CO/N=C(C)/C(=N/OC)C1CCCCC1. The molecule has 0 heterocycles. The summed E-state index contributed by atoms with van der Waals surface area (Å²) in [6.07, 6.45) is 7.18. The molecular formula is C24H36N2O5. The van der Waals surface area contributed by atoms with E-state index in [0.29, 0.717) is 22.8 Å². The lowest BCUT2D eigenvalue weighted by molar-refractivity contribution is -0.133. The van der Waals surface area contributed by atoms with Crippen LogP contribution in [-0.4, -0.2) is 38.7 Å². The molecule has 0 spiro atoms. The molecule has 172 valence electrons. The van der Waals surface area contributed by atoms with Gasteiger partial charge in [-0.15, -0.1) is 0 Å². The second-order valence-corrected chi connectivity index (χ2v) is 6.86. The van der Waals surface area contributed by atoms with Gasteiger partial charge in [0.25, 0.3) is 0 Å². The first-order valence-corrected chi connectivity index (χ1v) is 10.8. The molecule has 0 radical (unpaired) electrons. The van der Waals surface area contributed by atoms with Crippen LogP contribution in [0.1, 0.15) is 64.0 Å². The first-order chi connectivity index (χ1) is 15.1. The van der Waals surface area contributed by atoms with E-state index >= 15 is 0 Å². The molecule has 0 atom stereocenters. The van der Waals surface area contributed by atoms with Crippen LogP contribution in [0.3, 0.4) is 0 Å². The van der Waals surface area contributed by atoms with E-state index in [1.807, 2.05) is 45.0 Å². The highest BCUT2D eigenvalue weighted by Crippen LogP contribution is 2.26. The van der Waals surface area contributed by atoms with Crippen LogP contribution in [0, 0.1) is 5.92 Å². The summed E-state index contributed by atoms with van der Waals surface area (Å²) < 4.78 is 9.90. The third-order valence-electron chi connectivity index (χ3n) is 4.92. The minimum Gasteiger partial charge on any atom is -0.503 e. The van der Waals surface area contributed by atoms with E-state index in [4.69, 9.17) is 19.1 Å². The second kappa shape index (κ2) is 15.0. The first-order valence-electron chi connectivity index (χ1n) is 10.8. The zero-order valence-electron chi connectivity index (χ0n) is 19.6. The number of methoxy groups -OCH3 is 2. The predicted molar refractivity (Wildman–Crippen MR) is 124 cm³/mol. The summed E-state index contributed by atoms with van der Waals surface area (Å²) in [5, 5.41) is 8.46. The van der Waals surface area contributed by atoms with E-state index < -0.39 is 5.97 Å². The van der Waals surface area contributed by atoms with Gasteiger partial charge < -0.3 is 19.1 Å². The molecule has 7 nitrogen and oxygen atoms in total. The average molecular weight is 433 g/mol. The number of oxime groups is 2. The van der Waals surface area contributed by atoms with Crippen LogP contribution in [0.25, 0.3) is 5.57 Å². The van der Waals surface area contributed by atoms with Crippen LogP contribution in [0.2, 0.25) is 0 Å². The van der Waals surface area contributed by atoms with Gasteiger partial charge in [-0.3, -0.25) is 0 Å². The van der Waals surface area contributed by atoms with Crippen molar-refractivity contribution in [3.8, 4) is 0 Å². The molecule has 7 heteroatoms. The van der Waals surface area contributed by atoms with Crippen molar-refractivity contribution < 1.29 is 23.9 Å². The molecule has 0 unspecified atom stereocenters. The lowest BCUT2D eigenvalue weighted by atomic mass is 9.84. The summed E-state index contributed by atoms with van der Waals surface area (Å²) in [6.45, 7) is 6.07. The Bertz CT molecular complexity index is 765. The molecule has 2 rings (SSSR count). The third-order valence-corrected chi connectivity index (χ3v) is 4.92. The number of hydrogen-bond acceptors (Lipinski definition) is 7. The van der Waals surface area contributed by atoms with Gasteiger partial charge in [-0.1, -0.05) is 67.7 Å². The fraction of sp³-hybridized carbons (Fsp3) is 0.542. The number of ether oxygens (including phenoxy) is 2. The number of esters is 1. The highest BCUT2D eigenvalue weighted by molar-refractivity contribution is 6.42. The predicted octanol–water partition coefficient (Wildman–Crippen LogP) is 5.35. The number of hydrogen-bond donors (Lipinski definition) is 0. The maximum Gasteiger partial charge on any atom is 0.341 e. The molecule has 0 aromatic heterocycles. The number of rotatable bonds is 9. The van der Waals surface area contributed by atoms with Crippen molar-refractivity contribution in [1.29, 1.82) is 0 Å². The van der Waals surface area contributed by atoms with E-state index in [0.717, 1.165) is 24.1 Å². The van der Waals surface area contributed by atoms with E-state index in [1.165, 1.54) is 39.7 Å². The average Bonchev–Trinajstić information content (AvgIpc) is 2.82. The Hall–Kier alpha value is -2.83. The van der Waals surface area contributed by atoms with Gasteiger partial charge in [0.2, 0.25) is 0 Å². The molecule has 1 saturated carbocycles. The number of carbonyl (C=O) groups excluding carboxylic acids is 1. The smallest absolute Gasteiger partial charge is 0.341 e. The number of benzene rings is 1. The van der Waals surface area contributed by atoms with E-state index in [1.54, 1.807) is 7.11 Å². The molecule has 1 aromatic rings. The second-order valence-electron chi connectivity index (χ2n) is 6.86. The highest BCUT2D eigenvalue weighted by atomic mass is 16.6. The summed E-state index contributed by atoms with van der Waals surface area (Å²) in [5.41, 5.74) is 3.33. The largest absolute Gasteiger partial charge is 0.503 e. The lowest BCUT2D eigenvalue weighted by Gasteiger charge is -2.22. The van der Waals surface area contributed by atoms with Gasteiger partial charge >= 0.3 is 5.97 Å². The number of nitrogens with zero attached hydrogens (tertiary/aromatic N) is 2. The topological polar surface area (TPSA) is 78.7 Å². The molecule has 1 aliphatic carbocycles. The zero-order chi connectivity index (χ0) is 23.1. The van der Waals surface area contributed by atoms with Crippen molar-refractivity contribution in [3.05, 3.63) is 41.7 Å². The normalized spacial score (nSPS) is 15.5. The standard InChI is InChI=1S/C22H30N2O5.C2H6/c1-16(21(24-28-4)17-10-6-5-7-11-17)23-29-14-18-12-8-9-13-19(18)20(15-26-2)22(25)27-3;1-2/h8-9,12-13,15,17H,5-7,10-11,14H2,1-4H3;1-2H3/b20-15+,23-16+,24-21-;. The minimum absolute atomic E-state index is 0.191. The maximum absolute atomic E-state index is 12.1. The molecule has 31 heavy (non-hydrogen) atoms. The summed E-state index contributed by atoms with van der Waals surface area (Å²) in [4.78, 5) is 22.8. The van der Waals surface area contributed by atoms with Crippen LogP contribution in [0.5, 0.6) is 0 Å². The maximum atomic E-state index is 12.1. The van der Waals surface area contributed by atoms with Crippen molar-refractivity contribution in [2.45, 2.75) is 59.5 Å². The minimum atomic E-state index is -0.481. The van der Waals surface area contributed by atoms with Crippen molar-refractivity contribution >= 4 is 23.0 Å². The van der Waals surface area contributed by atoms with E-state index in [9.17, 15) is 4.79 Å². The quantitative estimate of drug-likeness (QED) is 0.173. The Labute approximate surface area is 186 Å². The highest BCUT2D eigenvalue weighted by Gasteiger charge is 2.23. The third kappa shape index (κ3) is 8.07. The van der Waals surface area contributed by atoms with Crippen LogP contribution >= 0.6 is 0 Å². The van der Waals surface area contributed by atoms with Gasteiger partial charge in [-0.2, -0.15) is 0 Å². The van der Waals surface area contributed by atoms with Crippen LogP contribution in [0.4, 0.5) is 0 Å². The molecule has 0 N–H and O–H groups in total. The molecule has 1 fully saturated rings. The Balaban J connectivity index is 0.00000233. The lowest BCUT2D eigenvalue weighted by Crippen LogP contribution is -2.25. The fourth-order valence-corrected chi connectivity index (χ4v) is 3.51. The van der Waals surface area contributed by atoms with Crippen LogP contribution in [-0.2, 0) is 30.6 Å². The van der Waals surface area contributed by atoms with Crippen molar-refractivity contribution in [3.63, 3.8) is 0 Å². The molecule has 0 aliphatic heterocycles. The van der Waals surface area contributed by atoms with Gasteiger partial charge in [-0.05, 0) is 25.3 Å².